The van der Waals surface area contributed by atoms with E-state index < -0.39 is 9.84 Å². The van der Waals surface area contributed by atoms with Crippen LogP contribution in [0.5, 0.6) is 0 Å². The Hall–Kier alpha value is -2.18. The molecule has 1 aromatic carbocycles. The van der Waals surface area contributed by atoms with Crippen LogP contribution in [0.1, 0.15) is 18.9 Å². The Bertz CT molecular complexity index is 958. The molecule has 5 nitrogen and oxygen atoms in total. The number of hydrogen-bond acceptors (Lipinski definition) is 4. The van der Waals surface area contributed by atoms with Gasteiger partial charge in [-0.05, 0) is 43.7 Å². The van der Waals surface area contributed by atoms with Crippen molar-refractivity contribution in [2.24, 2.45) is 0 Å². The molecule has 2 aromatic heterocycles. The Kier molecular flexibility index (Phi) is 3.86. The molecule has 0 aliphatic carbocycles. The van der Waals surface area contributed by atoms with E-state index in [0.29, 0.717) is 15.2 Å². The summed E-state index contributed by atoms with van der Waals surface area (Å²) in [6.07, 6.45) is 5.59. The lowest BCUT2D eigenvalue weighted by Crippen LogP contribution is -2.31. The van der Waals surface area contributed by atoms with E-state index in [1.54, 1.807) is 42.7 Å². The number of nitrogens with one attached hydrogen (secondary N) is 1. The van der Waals surface area contributed by atoms with Crippen LogP contribution in [-0.4, -0.2) is 31.1 Å². The summed E-state index contributed by atoms with van der Waals surface area (Å²) in [5.74, 6) is 0. The zero-order valence-electron chi connectivity index (χ0n) is 13.2. The van der Waals surface area contributed by atoms with Crippen molar-refractivity contribution in [1.82, 2.24) is 14.9 Å². The minimum absolute atomic E-state index is 0.232. The fraction of sp³-hybridized carbons (Fsp3) is 0.278. The van der Waals surface area contributed by atoms with Crippen molar-refractivity contribution in [1.29, 1.82) is 0 Å². The van der Waals surface area contributed by atoms with Crippen LogP contribution in [0, 0.1) is 0 Å². The summed E-state index contributed by atoms with van der Waals surface area (Å²) in [5, 5.41) is 4.07. The number of pyridine rings is 1. The molecule has 0 radical (unpaired) electrons. The predicted octanol–water partition coefficient (Wildman–Crippen LogP) is 2.79. The van der Waals surface area contributed by atoms with Crippen LogP contribution in [-0.2, 0) is 9.84 Å². The van der Waals surface area contributed by atoms with Gasteiger partial charge in [-0.25, -0.2) is 13.4 Å². The average molecular weight is 341 g/mol. The second kappa shape index (κ2) is 6.03. The number of hydrogen-bond donors (Lipinski definition) is 1. The summed E-state index contributed by atoms with van der Waals surface area (Å²) in [5.41, 5.74) is 0.737. The highest BCUT2D eigenvalue weighted by atomic mass is 32.2. The van der Waals surface area contributed by atoms with Gasteiger partial charge < -0.3 is 9.88 Å². The molecule has 0 amide bonds. The molecule has 124 valence electrons. The Morgan fingerprint density at radius 3 is 2.71 bits per heavy atom. The first-order valence-electron chi connectivity index (χ1n) is 8.14. The zero-order chi connectivity index (χ0) is 16.6. The summed E-state index contributed by atoms with van der Waals surface area (Å²) >= 11 is 0. The SMILES string of the molecule is O=S(=O)(c1ccccc1)c1cn(C2CCCNC2)c2ncccc12. The number of benzene rings is 1. The van der Waals surface area contributed by atoms with Crippen LogP contribution in [0.2, 0.25) is 0 Å². The van der Waals surface area contributed by atoms with Crippen LogP contribution in [0.4, 0.5) is 0 Å². The van der Waals surface area contributed by atoms with Gasteiger partial charge in [-0.1, -0.05) is 18.2 Å². The summed E-state index contributed by atoms with van der Waals surface area (Å²) in [4.78, 5) is 5.10. The third kappa shape index (κ3) is 2.52. The van der Waals surface area contributed by atoms with Gasteiger partial charge in [0.25, 0.3) is 0 Å². The van der Waals surface area contributed by atoms with Crippen LogP contribution < -0.4 is 5.32 Å². The molecule has 24 heavy (non-hydrogen) atoms. The summed E-state index contributed by atoms with van der Waals surface area (Å²) < 4.78 is 28.2. The number of fused-ring (bicyclic) bond motifs is 1. The van der Waals surface area contributed by atoms with Crippen LogP contribution in [0.25, 0.3) is 11.0 Å². The van der Waals surface area contributed by atoms with Crippen LogP contribution >= 0.6 is 0 Å². The smallest absolute Gasteiger partial charge is 0.208 e. The first-order chi connectivity index (χ1) is 11.7. The quantitative estimate of drug-likeness (QED) is 0.796. The molecular weight excluding hydrogens is 322 g/mol. The topological polar surface area (TPSA) is 64.0 Å². The van der Waals surface area contributed by atoms with Crippen molar-refractivity contribution < 1.29 is 8.42 Å². The fourth-order valence-electron chi connectivity index (χ4n) is 3.34. The normalized spacial score (nSPS) is 18.8. The first kappa shape index (κ1) is 15.4. The molecule has 1 aliphatic heterocycles. The molecule has 1 N–H and O–H groups in total. The molecule has 3 heterocycles. The third-order valence-electron chi connectivity index (χ3n) is 4.56. The van der Waals surface area contributed by atoms with Gasteiger partial charge in [-0.3, -0.25) is 0 Å². The van der Waals surface area contributed by atoms with Gasteiger partial charge in [0.15, 0.2) is 0 Å². The van der Waals surface area contributed by atoms with E-state index in [-0.39, 0.29) is 6.04 Å². The largest absolute Gasteiger partial charge is 0.327 e. The minimum atomic E-state index is -3.56. The molecule has 3 aromatic rings. The van der Waals surface area contributed by atoms with E-state index in [4.69, 9.17) is 0 Å². The molecule has 6 heteroatoms. The number of piperidine rings is 1. The van der Waals surface area contributed by atoms with Crippen molar-refractivity contribution in [2.45, 2.75) is 28.7 Å². The van der Waals surface area contributed by atoms with E-state index in [2.05, 4.69) is 10.3 Å². The Morgan fingerprint density at radius 1 is 1.12 bits per heavy atom. The summed E-state index contributed by atoms with van der Waals surface area (Å²) in [7, 11) is -3.56. The van der Waals surface area contributed by atoms with E-state index >= 15 is 0 Å². The van der Waals surface area contributed by atoms with Crippen LogP contribution in [0.15, 0.2) is 64.6 Å². The summed E-state index contributed by atoms with van der Waals surface area (Å²) in [6.45, 7) is 1.85. The first-order valence-corrected chi connectivity index (χ1v) is 9.62. The van der Waals surface area contributed by atoms with Crippen LogP contribution in [0.3, 0.4) is 0 Å². The van der Waals surface area contributed by atoms with E-state index in [9.17, 15) is 8.42 Å². The van der Waals surface area contributed by atoms with Crippen molar-refractivity contribution in [3.63, 3.8) is 0 Å². The maximum Gasteiger partial charge on any atom is 0.208 e. The van der Waals surface area contributed by atoms with Crippen molar-refractivity contribution in [2.75, 3.05) is 13.1 Å². The molecule has 1 saturated heterocycles. The van der Waals surface area contributed by atoms with Gasteiger partial charge in [0.05, 0.1) is 9.79 Å². The number of aromatic nitrogens is 2. The maximum absolute atomic E-state index is 13.1. The molecule has 1 aliphatic rings. The predicted molar refractivity (Wildman–Crippen MR) is 92.8 cm³/mol. The molecular formula is C18H19N3O2S. The monoisotopic (exact) mass is 341 g/mol. The van der Waals surface area contributed by atoms with E-state index in [1.807, 2.05) is 16.7 Å². The van der Waals surface area contributed by atoms with E-state index in [0.717, 1.165) is 31.6 Å². The fourth-order valence-corrected chi connectivity index (χ4v) is 4.81. The highest BCUT2D eigenvalue weighted by Crippen LogP contribution is 2.32. The lowest BCUT2D eigenvalue weighted by molar-refractivity contribution is 0.377. The Balaban J connectivity index is 1.90. The number of nitrogens with zero attached hydrogens (tertiary/aromatic N) is 2. The molecule has 0 bridgehead atoms. The van der Waals surface area contributed by atoms with Gasteiger partial charge in [-0.15, -0.1) is 0 Å². The van der Waals surface area contributed by atoms with Gasteiger partial charge >= 0.3 is 0 Å². The maximum atomic E-state index is 13.1. The molecule has 0 spiro atoms. The molecule has 4 rings (SSSR count). The van der Waals surface area contributed by atoms with Gasteiger partial charge in [-0.2, -0.15) is 0 Å². The molecule has 1 fully saturated rings. The Labute approximate surface area is 141 Å². The standard InChI is InChI=1S/C18H19N3O2S/c22-24(23,15-7-2-1-3-8-15)17-13-21(14-6-4-10-19-12-14)18-16(17)9-5-11-20-18/h1-3,5,7-9,11,13-14,19H,4,6,10,12H2. The highest BCUT2D eigenvalue weighted by molar-refractivity contribution is 7.91. The van der Waals surface area contributed by atoms with E-state index in [1.165, 1.54) is 0 Å². The second-order valence-electron chi connectivity index (χ2n) is 6.09. The Morgan fingerprint density at radius 2 is 1.96 bits per heavy atom. The van der Waals surface area contributed by atoms with Crippen molar-refractivity contribution >= 4 is 20.9 Å². The minimum Gasteiger partial charge on any atom is -0.327 e. The van der Waals surface area contributed by atoms with Gasteiger partial charge in [0, 0.05) is 30.4 Å². The van der Waals surface area contributed by atoms with Crippen molar-refractivity contribution in [3.05, 3.63) is 54.9 Å². The number of sulfone groups is 1. The zero-order valence-corrected chi connectivity index (χ0v) is 14.0. The van der Waals surface area contributed by atoms with Gasteiger partial charge in [0.1, 0.15) is 5.65 Å². The lowest BCUT2D eigenvalue weighted by atomic mass is 10.1. The third-order valence-corrected chi connectivity index (χ3v) is 6.36. The lowest BCUT2D eigenvalue weighted by Gasteiger charge is -2.24. The highest BCUT2D eigenvalue weighted by Gasteiger charge is 2.26. The second-order valence-corrected chi connectivity index (χ2v) is 8.01. The molecule has 0 saturated carbocycles. The average Bonchev–Trinajstić information content (AvgIpc) is 3.04. The number of rotatable bonds is 3. The molecule has 1 atom stereocenters. The van der Waals surface area contributed by atoms with Gasteiger partial charge in [0.2, 0.25) is 9.84 Å². The van der Waals surface area contributed by atoms with Crippen molar-refractivity contribution in [3.8, 4) is 0 Å². The molecule has 1 unspecified atom stereocenters. The summed E-state index contributed by atoms with van der Waals surface area (Å²) in [6, 6.07) is 12.4.